The maximum absolute atomic E-state index is 10.8. The molecule has 1 amide bonds. The second-order valence-corrected chi connectivity index (χ2v) is 7.24. The molecule has 8 nitrogen and oxygen atoms in total. The number of nitrogens with one attached hydrogen (secondary N) is 1. The molecule has 0 atom stereocenters. The van der Waals surface area contributed by atoms with Crippen molar-refractivity contribution in [2.45, 2.75) is 20.8 Å². The van der Waals surface area contributed by atoms with E-state index in [9.17, 15) is 4.79 Å². The monoisotopic (exact) mass is 348 g/mol. The van der Waals surface area contributed by atoms with E-state index in [4.69, 9.17) is 10.5 Å². The van der Waals surface area contributed by atoms with Gasteiger partial charge in [0, 0.05) is 30.3 Å². The van der Waals surface area contributed by atoms with Gasteiger partial charge in [0.2, 0.25) is 5.95 Å². The van der Waals surface area contributed by atoms with E-state index < -0.39 is 6.09 Å². The third kappa shape index (κ3) is 3.56. The molecule has 2 aromatic heterocycles. The van der Waals surface area contributed by atoms with Crippen LogP contribution >= 0.6 is 11.5 Å². The van der Waals surface area contributed by atoms with E-state index in [0.717, 1.165) is 35.2 Å². The minimum atomic E-state index is -0.737. The van der Waals surface area contributed by atoms with Crippen molar-refractivity contribution >= 4 is 34.4 Å². The van der Waals surface area contributed by atoms with Gasteiger partial charge in [0.1, 0.15) is 17.4 Å². The van der Waals surface area contributed by atoms with E-state index in [0.29, 0.717) is 12.6 Å². The standard InChI is InChI=1S/C15H20N6O2S/c1-9-5-17-14(18-11-4-10(2)20-24-11)19-12(9)21-6-15(3,7-21)8-23-13(16)22/h4-5H,6-8H2,1-3H3,(H2,16,22)(H,17,18,19). The molecule has 0 saturated carbocycles. The van der Waals surface area contributed by atoms with Gasteiger partial charge in [0.15, 0.2) is 0 Å². The molecule has 0 aliphatic carbocycles. The molecule has 3 rings (SSSR count). The number of anilines is 3. The van der Waals surface area contributed by atoms with Gasteiger partial charge in [-0.3, -0.25) is 0 Å². The summed E-state index contributed by atoms with van der Waals surface area (Å²) in [7, 11) is 0. The lowest BCUT2D eigenvalue weighted by molar-refractivity contribution is 0.0790. The van der Waals surface area contributed by atoms with Crippen molar-refractivity contribution in [3.05, 3.63) is 23.5 Å². The molecular formula is C15H20N6O2S. The largest absolute Gasteiger partial charge is 0.449 e. The summed E-state index contributed by atoms with van der Waals surface area (Å²) in [4.78, 5) is 21.8. The van der Waals surface area contributed by atoms with E-state index in [1.807, 2.05) is 19.9 Å². The van der Waals surface area contributed by atoms with Crippen molar-refractivity contribution in [2.24, 2.45) is 11.1 Å². The van der Waals surface area contributed by atoms with Crippen LogP contribution in [0.15, 0.2) is 12.3 Å². The maximum atomic E-state index is 10.8. The van der Waals surface area contributed by atoms with Crippen molar-refractivity contribution in [1.82, 2.24) is 14.3 Å². The van der Waals surface area contributed by atoms with Gasteiger partial charge in [-0.1, -0.05) is 6.92 Å². The molecule has 0 radical (unpaired) electrons. The Balaban J connectivity index is 1.68. The number of carbonyl (C=O) groups excluding carboxylic acids is 1. The highest BCUT2D eigenvalue weighted by molar-refractivity contribution is 7.10. The first kappa shape index (κ1) is 16.4. The maximum Gasteiger partial charge on any atom is 0.404 e. The van der Waals surface area contributed by atoms with Crippen LogP contribution in [0.1, 0.15) is 18.2 Å². The van der Waals surface area contributed by atoms with E-state index in [2.05, 4.69) is 31.5 Å². The molecule has 3 heterocycles. The number of rotatable bonds is 5. The molecule has 1 aliphatic rings. The summed E-state index contributed by atoms with van der Waals surface area (Å²) < 4.78 is 9.16. The number of nitrogens with two attached hydrogens (primary N) is 1. The lowest BCUT2D eigenvalue weighted by atomic mass is 9.82. The third-order valence-corrected chi connectivity index (χ3v) is 4.61. The summed E-state index contributed by atoms with van der Waals surface area (Å²) in [6.07, 6.45) is 1.06. The number of nitrogens with zero attached hydrogens (tertiary/aromatic N) is 4. The second kappa shape index (κ2) is 6.23. The van der Waals surface area contributed by atoms with Crippen molar-refractivity contribution in [1.29, 1.82) is 0 Å². The number of aromatic nitrogens is 3. The van der Waals surface area contributed by atoms with Gasteiger partial charge in [-0.15, -0.1) is 0 Å². The van der Waals surface area contributed by atoms with Gasteiger partial charge in [0.05, 0.1) is 5.69 Å². The lowest BCUT2D eigenvalue weighted by Crippen LogP contribution is -2.58. The highest BCUT2D eigenvalue weighted by Gasteiger charge is 2.41. The van der Waals surface area contributed by atoms with Crippen molar-refractivity contribution in [2.75, 3.05) is 29.9 Å². The first-order valence-electron chi connectivity index (χ1n) is 7.56. The van der Waals surface area contributed by atoms with Crippen LogP contribution in [0.4, 0.5) is 21.6 Å². The molecular weight excluding hydrogens is 328 g/mol. The molecule has 9 heteroatoms. The van der Waals surface area contributed by atoms with Gasteiger partial charge in [-0.2, -0.15) is 9.36 Å². The predicted molar refractivity (Wildman–Crippen MR) is 92.8 cm³/mol. The van der Waals surface area contributed by atoms with E-state index in [1.165, 1.54) is 11.5 Å². The Morgan fingerprint density at radius 3 is 2.88 bits per heavy atom. The molecule has 1 saturated heterocycles. The summed E-state index contributed by atoms with van der Waals surface area (Å²) in [6.45, 7) is 7.79. The number of amides is 1. The number of hydrogen-bond acceptors (Lipinski definition) is 8. The summed E-state index contributed by atoms with van der Waals surface area (Å²) in [6, 6.07) is 1.95. The second-order valence-electron chi connectivity index (χ2n) is 6.43. The van der Waals surface area contributed by atoms with Gasteiger partial charge >= 0.3 is 6.09 Å². The number of hydrogen-bond donors (Lipinski definition) is 2. The molecule has 3 N–H and O–H groups in total. The van der Waals surface area contributed by atoms with Gasteiger partial charge < -0.3 is 20.7 Å². The van der Waals surface area contributed by atoms with Crippen LogP contribution < -0.4 is 16.0 Å². The Labute approximate surface area is 144 Å². The summed E-state index contributed by atoms with van der Waals surface area (Å²) in [5, 5.41) is 4.09. The Kier molecular flexibility index (Phi) is 4.27. The molecule has 1 aliphatic heterocycles. The lowest BCUT2D eigenvalue weighted by Gasteiger charge is -2.48. The number of ether oxygens (including phenoxy) is 1. The molecule has 2 aromatic rings. The first-order chi connectivity index (χ1) is 11.3. The van der Waals surface area contributed by atoms with Crippen molar-refractivity contribution in [3.8, 4) is 0 Å². The van der Waals surface area contributed by atoms with Crippen molar-refractivity contribution < 1.29 is 9.53 Å². The Morgan fingerprint density at radius 2 is 2.25 bits per heavy atom. The summed E-state index contributed by atoms with van der Waals surface area (Å²) in [5.41, 5.74) is 6.89. The van der Waals surface area contributed by atoms with E-state index in [1.54, 1.807) is 6.20 Å². The van der Waals surface area contributed by atoms with Gasteiger partial charge in [-0.25, -0.2) is 9.78 Å². The normalized spacial score (nSPS) is 15.7. The van der Waals surface area contributed by atoms with Crippen LogP contribution in [0.25, 0.3) is 0 Å². The molecule has 128 valence electrons. The third-order valence-electron chi connectivity index (χ3n) is 3.82. The topological polar surface area (TPSA) is 106 Å². The summed E-state index contributed by atoms with van der Waals surface area (Å²) in [5.74, 6) is 1.42. The van der Waals surface area contributed by atoms with E-state index in [-0.39, 0.29) is 5.41 Å². The fourth-order valence-electron chi connectivity index (χ4n) is 2.71. The first-order valence-corrected chi connectivity index (χ1v) is 8.33. The van der Waals surface area contributed by atoms with Crippen LogP contribution in [0.3, 0.4) is 0 Å². The molecule has 0 spiro atoms. The quantitative estimate of drug-likeness (QED) is 0.853. The SMILES string of the molecule is Cc1cc(Nc2ncc(C)c(N3CC(C)(COC(N)=O)C3)n2)sn1. The minimum Gasteiger partial charge on any atom is -0.449 e. The molecule has 24 heavy (non-hydrogen) atoms. The minimum absolute atomic E-state index is 0.102. The Morgan fingerprint density at radius 1 is 1.50 bits per heavy atom. The average Bonchev–Trinajstić information content (AvgIpc) is 2.89. The Bertz CT molecular complexity index is 756. The van der Waals surface area contributed by atoms with Gasteiger partial charge in [0.25, 0.3) is 0 Å². The highest BCUT2D eigenvalue weighted by atomic mass is 32.1. The van der Waals surface area contributed by atoms with Crippen LogP contribution in [-0.4, -0.2) is 40.1 Å². The number of aryl methyl sites for hydroxylation is 2. The van der Waals surface area contributed by atoms with Crippen molar-refractivity contribution in [3.63, 3.8) is 0 Å². The van der Waals surface area contributed by atoms with Crippen LogP contribution in [0, 0.1) is 19.3 Å². The molecule has 0 aromatic carbocycles. The fourth-order valence-corrected chi connectivity index (χ4v) is 3.36. The van der Waals surface area contributed by atoms with Gasteiger partial charge in [-0.05, 0) is 31.4 Å². The van der Waals surface area contributed by atoms with Crippen LogP contribution in [0.5, 0.6) is 0 Å². The highest BCUT2D eigenvalue weighted by Crippen LogP contribution is 2.35. The summed E-state index contributed by atoms with van der Waals surface area (Å²) >= 11 is 1.38. The smallest absolute Gasteiger partial charge is 0.404 e. The predicted octanol–water partition coefficient (Wildman–Crippen LogP) is 2.22. The number of primary amides is 1. The van der Waals surface area contributed by atoms with E-state index >= 15 is 0 Å². The zero-order valence-electron chi connectivity index (χ0n) is 13.9. The molecule has 1 fully saturated rings. The number of carbonyl (C=O) groups is 1. The zero-order valence-corrected chi connectivity index (χ0v) is 14.7. The zero-order chi connectivity index (χ0) is 17.3. The molecule has 0 unspecified atom stereocenters. The fraction of sp³-hybridized carbons (Fsp3) is 0.467. The Hall–Kier alpha value is -2.42. The van der Waals surface area contributed by atoms with Crippen LogP contribution in [-0.2, 0) is 4.74 Å². The van der Waals surface area contributed by atoms with Crippen LogP contribution in [0.2, 0.25) is 0 Å². The molecule has 0 bridgehead atoms. The average molecular weight is 348 g/mol.